The summed E-state index contributed by atoms with van der Waals surface area (Å²) in [6.07, 6.45) is 0.0146. The van der Waals surface area contributed by atoms with Crippen LogP contribution in [0.4, 0.5) is 0 Å². The van der Waals surface area contributed by atoms with Crippen molar-refractivity contribution >= 4 is 17.3 Å². The Labute approximate surface area is 99.3 Å². The zero-order valence-corrected chi connectivity index (χ0v) is 10.6. The van der Waals surface area contributed by atoms with E-state index in [1.807, 2.05) is 20.8 Å². The van der Waals surface area contributed by atoms with Gasteiger partial charge in [0.25, 0.3) is 0 Å². The second-order valence-corrected chi connectivity index (χ2v) is 4.92. The minimum atomic E-state index is -0.893. The Morgan fingerprint density at radius 2 is 2.31 bits per heavy atom. The van der Waals surface area contributed by atoms with Crippen LogP contribution in [0.25, 0.3) is 0 Å². The molecule has 1 unspecified atom stereocenters. The highest BCUT2D eigenvalue weighted by Crippen LogP contribution is 2.14. The molecule has 0 saturated carbocycles. The lowest BCUT2D eigenvalue weighted by Crippen LogP contribution is -2.30. The zero-order chi connectivity index (χ0) is 12.1. The van der Waals surface area contributed by atoms with E-state index >= 15 is 0 Å². The Bertz CT molecular complexity index is 349. The van der Waals surface area contributed by atoms with Crippen LogP contribution in [0, 0.1) is 12.8 Å². The van der Waals surface area contributed by atoms with E-state index in [0.29, 0.717) is 6.61 Å². The van der Waals surface area contributed by atoms with Crippen LogP contribution in [0.3, 0.4) is 0 Å². The van der Waals surface area contributed by atoms with Crippen molar-refractivity contribution in [2.45, 2.75) is 33.3 Å². The van der Waals surface area contributed by atoms with E-state index in [1.165, 1.54) is 0 Å². The van der Waals surface area contributed by atoms with Crippen molar-refractivity contribution in [3.63, 3.8) is 0 Å². The van der Waals surface area contributed by atoms with Crippen molar-refractivity contribution in [1.82, 2.24) is 4.98 Å². The predicted octanol–water partition coefficient (Wildman–Crippen LogP) is 2.12. The van der Waals surface area contributed by atoms with Crippen molar-refractivity contribution in [3.05, 3.63) is 16.1 Å². The van der Waals surface area contributed by atoms with Gasteiger partial charge in [0.05, 0.1) is 17.8 Å². The van der Waals surface area contributed by atoms with Gasteiger partial charge in [0.2, 0.25) is 0 Å². The number of thiazole rings is 1. The van der Waals surface area contributed by atoms with Gasteiger partial charge in [-0.1, -0.05) is 13.8 Å². The van der Waals surface area contributed by atoms with Gasteiger partial charge in [-0.2, -0.15) is 0 Å². The lowest BCUT2D eigenvalue weighted by atomic mass is 10.1. The second kappa shape index (κ2) is 5.96. The maximum atomic E-state index is 10.9. The summed E-state index contributed by atoms with van der Waals surface area (Å²) in [6, 6.07) is 0. The van der Waals surface area contributed by atoms with Crippen molar-refractivity contribution < 1.29 is 14.6 Å². The number of rotatable bonds is 6. The van der Waals surface area contributed by atoms with E-state index in [-0.39, 0.29) is 5.92 Å². The summed E-state index contributed by atoms with van der Waals surface area (Å²) in [6.45, 7) is 6.06. The van der Waals surface area contributed by atoms with E-state index in [9.17, 15) is 4.79 Å². The van der Waals surface area contributed by atoms with Crippen molar-refractivity contribution in [3.8, 4) is 0 Å². The van der Waals surface area contributed by atoms with Gasteiger partial charge in [0.1, 0.15) is 0 Å². The van der Waals surface area contributed by atoms with Crippen LogP contribution in [0.15, 0.2) is 5.51 Å². The number of hydrogen-bond donors (Lipinski definition) is 1. The normalized spacial score (nSPS) is 13.0. The maximum absolute atomic E-state index is 10.9. The molecule has 0 radical (unpaired) electrons. The Morgan fingerprint density at radius 3 is 2.75 bits per heavy atom. The standard InChI is InChI=1S/C11H17NO3S/c1-7(2)10(11(13)14)15-5-4-9-8(3)12-6-16-9/h6-7,10H,4-5H2,1-3H3,(H,13,14). The number of carboxylic acid groups (broad SMARTS) is 1. The molecular weight excluding hydrogens is 226 g/mol. The van der Waals surface area contributed by atoms with E-state index in [4.69, 9.17) is 9.84 Å². The van der Waals surface area contributed by atoms with Gasteiger partial charge in [0, 0.05) is 11.3 Å². The molecule has 0 aliphatic carbocycles. The van der Waals surface area contributed by atoms with Crippen LogP contribution < -0.4 is 0 Å². The molecular formula is C11H17NO3S. The largest absolute Gasteiger partial charge is 0.479 e. The van der Waals surface area contributed by atoms with Gasteiger partial charge in [-0.3, -0.25) is 0 Å². The highest BCUT2D eigenvalue weighted by Gasteiger charge is 2.21. The van der Waals surface area contributed by atoms with Crippen LogP contribution in [-0.2, 0) is 16.0 Å². The summed E-state index contributed by atoms with van der Waals surface area (Å²) < 4.78 is 5.37. The number of aryl methyl sites for hydroxylation is 1. The Kier molecular flexibility index (Phi) is 4.89. The molecule has 90 valence electrons. The van der Waals surface area contributed by atoms with Crippen LogP contribution in [0.5, 0.6) is 0 Å². The smallest absolute Gasteiger partial charge is 0.333 e. The zero-order valence-electron chi connectivity index (χ0n) is 9.77. The minimum absolute atomic E-state index is 0.0138. The average molecular weight is 243 g/mol. The topological polar surface area (TPSA) is 59.4 Å². The van der Waals surface area contributed by atoms with Crippen LogP contribution in [0.2, 0.25) is 0 Å². The number of aliphatic carboxylic acids is 1. The summed E-state index contributed by atoms with van der Waals surface area (Å²) in [7, 11) is 0. The third kappa shape index (κ3) is 3.57. The monoisotopic (exact) mass is 243 g/mol. The molecule has 5 heteroatoms. The highest BCUT2D eigenvalue weighted by atomic mass is 32.1. The molecule has 1 heterocycles. The maximum Gasteiger partial charge on any atom is 0.333 e. The molecule has 16 heavy (non-hydrogen) atoms. The Hall–Kier alpha value is -0.940. The quantitative estimate of drug-likeness (QED) is 0.831. The van der Waals surface area contributed by atoms with Gasteiger partial charge >= 0.3 is 5.97 Å². The van der Waals surface area contributed by atoms with Crippen LogP contribution in [0.1, 0.15) is 24.4 Å². The molecule has 0 amide bonds. The molecule has 0 spiro atoms. The summed E-state index contributed by atoms with van der Waals surface area (Å²) >= 11 is 1.58. The van der Waals surface area contributed by atoms with Gasteiger partial charge in [-0.15, -0.1) is 11.3 Å². The molecule has 1 aromatic heterocycles. The molecule has 1 rings (SSSR count). The molecule has 0 fully saturated rings. The Morgan fingerprint density at radius 1 is 1.62 bits per heavy atom. The molecule has 0 saturated heterocycles. The van der Waals surface area contributed by atoms with Crippen LogP contribution >= 0.6 is 11.3 Å². The van der Waals surface area contributed by atoms with Crippen molar-refractivity contribution in [1.29, 1.82) is 0 Å². The lowest BCUT2D eigenvalue weighted by Gasteiger charge is -2.16. The summed E-state index contributed by atoms with van der Waals surface area (Å²) in [5.74, 6) is -0.906. The first-order valence-corrected chi connectivity index (χ1v) is 6.13. The molecule has 1 aromatic rings. The molecule has 0 bridgehead atoms. The van der Waals surface area contributed by atoms with Gasteiger partial charge in [-0.25, -0.2) is 9.78 Å². The number of nitrogens with zero attached hydrogens (tertiary/aromatic N) is 1. The van der Waals surface area contributed by atoms with E-state index < -0.39 is 12.1 Å². The summed E-state index contributed by atoms with van der Waals surface area (Å²) in [5, 5.41) is 8.92. The third-order valence-electron chi connectivity index (χ3n) is 2.32. The lowest BCUT2D eigenvalue weighted by molar-refractivity contribution is -0.153. The van der Waals surface area contributed by atoms with E-state index in [0.717, 1.165) is 17.0 Å². The molecule has 1 N–H and O–H groups in total. The van der Waals surface area contributed by atoms with Crippen molar-refractivity contribution in [2.75, 3.05) is 6.61 Å². The van der Waals surface area contributed by atoms with Gasteiger partial charge < -0.3 is 9.84 Å². The van der Waals surface area contributed by atoms with Crippen molar-refractivity contribution in [2.24, 2.45) is 5.92 Å². The first-order chi connectivity index (χ1) is 7.52. The summed E-state index contributed by atoms with van der Waals surface area (Å²) in [4.78, 5) is 16.2. The average Bonchev–Trinajstić information content (AvgIpc) is 2.57. The van der Waals surface area contributed by atoms with Gasteiger partial charge in [-0.05, 0) is 12.8 Å². The highest BCUT2D eigenvalue weighted by molar-refractivity contribution is 7.09. The number of hydrogen-bond acceptors (Lipinski definition) is 4. The molecule has 0 aliphatic rings. The van der Waals surface area contributed by atoms with Gasteiger partial charge in [0.15, 0.2) is 6.10 Å². The predicted molar refractivity (Wildman–Crippen MR) is 62.8 cm³/mol. The third-order valence-corrected chi connectivity index (χ3v) is 3.32. The number of ether oxygens (including phenoxy) is 1. The molecule has 1 atom stereocenters. The molecule has 0 aliphatic heterocycles. The van der Waals surface area contributed by atoms with E-state index in [1.54, 1.807) is 16.8 Å². The second-order valence-electron chi connectivity index (χ2n) is 3.98. The number of aromatic nitrogens is 1. The fourth-order valence-electron chi connectivity index (χ4n) is 1.39. The Balaban J connectivity index is 2.40. The first kappa shape index (κ1) is 13.1. The first-order valence-electron chi connectivity index (χ1n) is 5.25. The summed E-state index contributed by atoms with van der Waals surface area (Å²) in [5.41, 5.74) is 2.80. The van der Waals surface area contributed by atoms with E-state index in [2.05, 4.69) is 4.98 Å². The SMILES string of the molecule is Cc1ncsc1CCOC(C(=O)O)C(C)C. The fraction of sp³-hybridized carbons (Fsp3) is 0.636. The molecule has 0 aromatic carbocycles. The molecule has 4 nitrogen and oxygen atoms in total. The number of carbonyl (C=O) groups is 1. The van der Waals surface area contributed by atoms with Crippen LogP contribution in [-0.4, -0.2) is 28.8 Å². The fourth-order valence-corrected chi connectivity index (χ4v) is 2.16. The minimum Gasteiger partial charge on any atom is -0.479 e. The number of carboxylic acids is 1.